The van der Waals surface area contributed by atoms with Gasteiger partial charge in [-0.2, -0.15) is 4.57 Å². The van der Waals surface area contributed by atoms with E-state index in [4.69, 9.17) is 0 Å². The number of rotatable bonds is 0. The molecule has 0 amide bonds. The lowest BCUT2D eigenvalue weighted by molar-refractivity contribution is -0.208. The van der Waals surface area contributed by atoms with Gasteiger partial charge < -0.3 is 4.98 Å². The lowest BCUT2D eigenvalue weighted by Gasteiger charge is -2.06. The molecule has 0 radical (unpaired) electrons. The van der Waals surface area contributed by atoms with Crippen molar-refractivity contribution in [2.75, 3.05) is 0 Å². The molecule has 0 saturated heterocycles. The third-order valence-electron chi connectivity index (χ3n) is 1.74. The first-order chi connectivity index (χ1) is 6.91. The molecule has 0 unspecified atom stereocenters. The second-order valence-electron chi connectivity index (χ2n) is 2.66. The predicted molar refractivity (Wildman–Crippen MR) is 42.3 cm³/mol. The van der Waals surface area contributed by atoms with Crippen molar-refractivity contribution in [1.82, 2.24) is 19.5 Å². The van der Waals surface area contributed by atoms with E-state index in [9.17, 15) is 22.8 Å². The fraction of sp³-hybridized carbons (Fsp3) is 0.167. The molecule has 0 aromatic carbocycles. The summed E-state index contributed by atoms with van der Waals surface area (Å²) in [5, 5.41) is 0. The molecule has 0 aliphatic rings. The van der Waals surface area contributed by atoms with Gasteiger partial charge in [-0.15, -0.1) is 13.2 Å². The number of nitrogens with zero attached hydrogens (tertiary/aromatic N) is 2. The van der Waals surface area contributed by atoms with Crippen molar-refractivity contribution in [2.45, 2.75) is 6.30 Å². The Morgan fingerprint density at radius 3 is 2.60 bits per heavy atom. The molecule has 0 aliphatic heterocycles. The number of aromatic amines is 2. The number of H-pyrrole nitrogens is 2. The average Bonchev–Trinajstić information content (AvgIpc) is 2.48. The number of hydrogen-bond donors (Lipinski definition) is 2. The molecule has 2 N–H and O–H groups in total. The maximum absolute atomic E-state index is 12.3. The molecule has 0 spiro atoms. The van der Waals surface area contributed by atoms with Crippen LogP contribution in [0.1, 0.15) is 0 Å². The molecule has 0 fully saturated rings. The van der Waals surface area contributed by atoms with E-state index in [-0.39, 0.29) is 5.65 Å². The van der Waals surface area contributed by atoms with Gasteiger partial charge in [0.1, 0.15) is 5.52 Å². The van der Waals surface area contributed by atoms with Gasteiger partial charge in [0, 0.05) is 0 Å². The van der Waals surface area contributed by atoms with Crippen molar-refractivity contribution in [3.63, 3.8) is 0 Å². The molecule has 9 heteroatoms. The lowest BCUT2D eigenvalue weighted by Crippen LogP contribution is -2.42. The van der Waals surface area contributed by atoms with Crippen LogP contribution in [0.25, 0.3) is 11.2 Å². The second kappa shape index (κ2) is 2.72. The lowest BCUT2D eigenvalue weighted by atomic mass is 10.5. The number of imidazole rings is 1. The monoisotopic (exact) mass is 220 g/mol. The van der Waals surface area contributed by atoms with Gasteiger partial charge >= 0.3 is 12.0 Å². The Labute approximate surface area is 78.4 Å². The van der Waals surface area contributed by atoms with Gasteiger partial charge in [0.25, 0.3) is 5.56 Å². The number of hydrogen-bond acceptors (Lipinski definition) is 3. The van der Waals surface area contributed by atoms with Crippen molar-refractivity contribution in [3.8, 4) is 0 Å². The maximum atomic E-state index is 12.3. The minimum Gasteiger partial charge on any atom is -0.339 e. The van der Waals surface area contributed by atoms with E-state index in [1.807, 2.05) is 4.98 Å². The van der Waals surface area contributed by atoms with Gasteiger partial charge in [0.2, 0.25) is 0 Å². The zero-order valence-corrected chi connectivity index (χ0v) is 6.92. The van der Waals surface area contributed by atoms with Gasteiger partial charge in [-0.1, -0.05) is 0 Å². The number of alkyl halides is 3. The van der Waals surface area contributed by atoms with Crippen LogP contribution in [0.4, 0.5) is 13.2 Å². The highest BCUT2D eigenvalue weighted by Gasteiger charge is 2.35. The van der Waals surface area contributed by atoms with E-state index < -0.39 is 27.6 Å². The maximum Gasteiger partial charge on any atom is 0.495 e. The van der Waals surface area contributed by atoms with Crippen molar-refractivity contribution >= 4 is 11.2 Å². The Bertz CT molecular complexity index is 620. The molecule has 2 aromatic heterocycles. The molecular weight excluding hydrogens is 217 g/mol. The van der Waals surface area contributed by atoms with E-state index in [2.05, 4.69) is 9.97 Å². The van der Waals surface area contributed by atoms with E-state index in [0.29, 0.717) is 0 Å². The molecule has 15 heavy (non-hydrogen) atoms. The van der Waals surface area contributed by atoms with Crippen molar-refractivity contribution < 1.29 is 13.2 Å². The van der Waals surface area contributed by atoms with Crippen LogP contribution in [-0.4, -0.2) is 19.5 Å². The van der Waals surface area contributed by atoms with Gasteiger partial charge in [0.05, 0.1) is 6.33 Å². The summed E-state index contributed by atoms with van der Waals surface area (Å²) >= 11 is 0. The SMILES string of the molecule is O=c1[nH]c2nc[nH]c2c(=O)n1C(F)(F)F. The van der Waals surface area contributed by atoms with Crippen LogP contribution in [0.3, 0.4) is 0 Å². The van der Waals surface area contributed by atoms with Crippen LogP contribution in [0.15, 0.2) is 15.9 Å². The molecule has 0 bridgehead atoms. The van der Waals surface area contributed by atoms with Gasteiger partial charge in [-0.3, -0.25) is 9.78 Å². The van der Waals surface area contributed by atoms with E-state index in [0.717, 1.165) is 6.33 Å². The van der Waals surface area contributed by atoms with Crippen LogP contribution in [0.5, 0.6) is 0 Å². The first-order valence-electron chi connectivity index (χ1n) is 3.67. The quantitative estimate of drug-likeness (QED) is 0.649. The number of halogens is 3. The predicted octanol–water partition coefficient (Wildman–Crippen LogP) is -0.111. The summed E-state index contributed by atoms with van der Waals surface area (Å²) in [6, 6.07) is 0. The first-order valence-corrected chi connectivity index (χ1v) is 3.67. The van der Waals surface area contributed by atoms with Gasteiger partial charge in [0.15, 0.2) is 5.65 Å². The number of fused-ring (bicyclic) bond motifs is 1. The Morgan fingerprint density at radius 2 is 2.00 bits per heavy atom. The second-order valence-corrected chi connectivity index (χ2v) is 2.66. The molecule has 80 valence electrons. The Kier molecular flexibility index (Phi) is 1.72. The minimum absolute atomic E-state index is 0.203. The van der Waals surface area contributed by atoms with Crippen LogP contribution < -0.4 is 11.2 Å². The Hall–Kier alpha value is -2.06. The highest BCUT2D eigenvalue weighted by atomic mass is 19.4. The first kappa shape index (κ1) is 9.49. The van der Waals surface area contributed by atoms with Crippen LogP contribution in [0.2, 0.25) is 0 Å². The van der Waals surface area contributed by atoms with Gasteiger partial charge in [-0.05, 0) is 0 Å². The summed E-state index contributed by atoms with van der Waals surface area (Å²) in [7, 11) is 0. The van der Waals surface area contributed by atoms with Crippen molar-refractivity contribution in [2.24, 2.45) is 0 Å². The summed E-state index contributed by atoms with van der Waals surface area (Å²) in [5.41, 5.74) is -3.64. The number of aromatic nitrogens is 4. The summed E-state index contributed by atoms with van der Waals surface area (Å²) < 4.78 is 35.9. The fourth-order valence-electron chi connectivity index (χ4n) is 1.14. The van der Waals surface area contributed by atoms with Crippen LogP contribution in [0, 0.1) is 0 Å². The third kappa shape index (κ3) is 1.32. The summed E-state index contributed by atoms with van der Waals surface area (Å²) in [6.07, 6.45) is -4.04. The molecule has 0 saturated carbocycles. The Balaban J connectivity index is 2.98. The smallest absolute Gasteiger partial charge is 0.339 e. The Morgan fingerprint density at radius 1 is 1.33 bits per heavy atom. The molecule has 2 rings (SSSR count). The molecule has 0 atom stereocenters. The van der Waals surface area contributed by atoms with Crippen molar-refractivity contribution in [1.29, 1.82) is 0 Å². The van der Waals surface area contributed by atoms with E-state index >= 15 is 0 Å². The normalized spacial score (nSPS) is 12.2. The van der Waals surface area contributed by atoms with Gasteiger partial charge in [-0.25, -0.2) is 9.78 Å². The average molecular weight is 220 g/mol. The third-order valence-corrected chi connectivity index (χ3v) is 1.74. The standard InChI is InChI=1S/C6H3F3N4O2/c7-6(8,9)13-4(14)2-3(11-1-10-2)12-5(13)15/h1H,(H,10,11)(H,12,15). The fourth-order valence-corrected chi connectivity index (χ4v) is 1.14. The van der Waals surface area contributed by atoms with E-state index in [1.54, 1.807) is 0 Å². The largest absolute Gasteiger partial charge is 0.495 e. The summed E-state index contributed by atoms with van der Waals surface area (Å²) in [5.74, 6) is 0. The molecular formula is C6H3F3N4O2. The zero-order chi connectivity index (χ0) is 11.2. The number of nitrogens with one attached hydrogen (secondary N) is 2. The topological polar surface area (TPSA) is 83.5 Å². The molecule has 2 aromatic rings. The van der Waals surface area contributed by atoms with E-state index in [1.165, 1.54) is 0 Å². The zero-order valence-electron chi connectivity index (χ0n) is 6.92. The molecule has 2 heterocycles. The highest BCUT2D eigenvalue weighted by molar-refractivity contribution is 5.67. The summed E-state index contributed by atoms with van der Waals surface area (Å²) in [4.78, 5) is 29.7. The molecule has 0 aliphatic carbocycles. The summed E-state index contributed by atoms with van der Waals surface area (Å²) in [6.45, 7) is 0. The van der Waals surface area contributed by atoms with Crippen LogP contribution >= 0.6 is 0 Å². The minimum atomic E-state index is -5.05. The van der Waals surface area contributed by atoms with Crippen LogP contribution in [-0.2, 0) is 6.30 Å². The highest BCUT2D eigenvalue weighted by Crippen LogP contribution is 2.17. The molecule has 6 nitrogen and oxygen atoms in total. The van der Waals surface area contributed by atoms with Crippen molar-refractivity contribution in [3.05, 3.63) is 27.2 Å².